The second-order valence-electron chi connectivity index (χ2n) is 3.48. The molecule has 0 fully saturated rings. The van der Waals surface area contributed by atoms with Gasteiger partial charge in [0.15, 0.2) is 0 Å². The molecule has 0 spiro atoms. The van der Waals surface area contributed by atoms with Gasteiger partial charge in [-0.3, -0.25) is 0 Å². The molecule has 6 heteroatoms. The lowest BCUT2D eigenvalue weighted by molar-refractivity contribution is 0.455. The number of hydrogen-bond acceptors (Lipinski definition) is 3. The minimum atomic E-state index is 0.391. The van der Waals surface area contributed by atoms with Gasteiger partial charge in [-0.25, -0.2) is 9.97 Å². The molecule has 3 nitrogen and oxygen atoms in total. The fourth-order valence-corrected chi connectivity index (χ4v) is 1.96. The van der Waals surface area contributed by atoms with Crippen LogP contribution in [-0.4, -0.2) is 9.97 Å². The molecule has 0 aliphatic carbocycles. The predicted octanol–water partition coefficient (Wildman–Crippen LogP) is 4.79. The highest BCUT2D eigenvalue weighted by Crippen LogP contribution is 2.31. The van der Waals surface area contributed by atoms with Gasteiger partial charge in [0.2, 0.25) is 5.88 Å². The van der Waals surface area contributed by atoms with E-state index in [0.29, 0.717) is 33.2 Å². The van der Waals surface area contributed by atoms with Crippen LogP contribution in [0.1, 0.15) is 12.5 Å². The average molecular weight is 304 g/mol. The maximum atomic E-state index is 5.97. The number of benzene rings is 1. The molecule has 18 heavy (non-hydrogen) atoms. The molecular weight excluding hydrogens is 295 g/mol. The van der Waals surface area contributed by atoms with Crippen molar-refractivity contribution >= 4 is 34.8 Å². The molecule has 94 valence electrons. The Morgan fingerprint density at radius 3 is 2.56 bits per heavy atom. The summed E-state index contributed by atoms with van der Waals surface area (Å²) in [6.45, 7) is 1.95. The van der Waals surface area contributed by atoms with Crippen molar-refractivity contribution in [1.29, 1.82) is 0 Å². The average Bonchev–Trinajstić information content (AvgIpc) is 2.34. The van der Waals surface area contributed by atoms with Crippen molar-refractivity contribution in [3.05, 3.63) is 45.3 Å². The van der Waals surface area contributed by atoms with E-state index >= 15 is 0 Å². The molecule has 0 atom stereocenters. The van der Waals surface area contributed by atoms with Crippen molar-refractivity contribution in [3.8, 4) is 11.6 Å². The molecule has 0 aliphatic heterocycles. The van der Waals surface area contributed by atoms with Crippen LogP contribution in [0.3, 0.4) is 0 Å². The van der Waals surface area contributed by atoms with E-state index in [2.05, 4.69) is 9.97 Å². The Balaban J connectivity index is 2.34. The zero-order chi connectivity index (χ0) is 13.1. The lowest BCUT2D eigenvalue weighted by Gasteiger charge is -2.09. The van der Waals surface area contributed by atoms with Gasteiger partial charge < -0.3 is 4.74 Å². The van der Waals surface area contributed by atoms with Crippen LogP contribution in [0.25, 0.3) is 0 Å². The fourth-order valence-electron chi connectivity index (χ4n) is 1.41. The van der Waals surface area contributed by atoms with Crippen LogP contribution in [0.4, 0.5) is 0 Å². The quantitative estimate of drug-likeness (QED) is 0.765. The lowest BCUT2D eigenvalue weighted by Crippen LogP contribution is -1.96. The summed E-state index contributed by atoms with van der Waals surface area (Å²) in [7, 11) is 0. The van der Waals surface area contributed by atoms with E-state index in [1.54, 1.807) is 18.2 Å². The molecule has 0 saturated heterocycles. The van der Waals surface area contributed by atoms with E-state index in [-0.39, 0.29) is 0 Å². The van der Waals surface area contributed by atoms with Gasteiger partial charge in [-0.2, -0.15) is 0 Å². The van der Waals surface area contributed by atoms with Gasteiger partial charge in [-0.1, -0.05) is 41.7 Å². The number of rotatable bonds is 3. The highest BCUT2D eigenvalue weighted by atomic mass is 35.5. The highest BCUT2D eigenvalue weighted by molar-refractivity contribution is 6.42. The molecule has 0 aliphatic rings. The second-order valence-corrected chi connectivity index (χ2v) is 4.65. The summed E-state index contributed by atoms with van der Waals surface area (Å²) in [5, 5.41) is 1.29. The van der Waals surface area contributed by atoms with Crippen LogP contribution in [0.15, 0.2) is 24.5 Å². The monoisotopic (exact) mass is 302 g/mol. The molecule has 0 bridgehead atoms. The molecule has 1 aromatic heterocycles. The molecule has 2 rings (SSSR count). The molecule has 0 amide bonds. The van der Waals surface area contributed by atoms with Crippen molar-refractivity contribution in [2.45, 2.75) is 13.3 Å². The van der Waals surface area contributed by atoms with Gasteiger partial charge in [-0.15, -0.1) is 0 Å². The Morgan fingerprint density at radius 1 is 1.11 bits per heavy atom. The number of nitrogens with zero attached hydrogens (tertiary/aromatic N) is 2. The number of ether oxygens (including phenoxy) is 1. The van der Waals surface area contributed by atoms with Crippen LogP contribution in [0.2, 0.25) is 15.2 Å². The van der Waals surface area contributed by atoms with Crippen LogP contribution >= 0.6 is 34.8 Å². The first-order chi connectivity index (χ1) is 8.61. The molecule has 0 radical (unpaired) electrons. The molecule has 1 aromatic carbocycles. The summed E-state index contributed by atoms with van der Waals surface area (Å²) in [6, 6.07) is 5.00. The number of hydrogen-bond donors (Lipinski definition) is 0. The van der Waals surface area contributed by atoms with Gasteiger partial charge in [0, 0.05) is 6.07 Å². The first-order valence-electron chi connectivity index (χ1n) is 5.24. The minimum absolute atomic E-state index is 0.391. The zero-order valence-corrected chi connectivity index (χ0v) is 11.7. The van der Waals surface area contributed by atoms with E-state index in [9.17, 15) is 0 Å². The Morgan fingerprint density at radius 2 is 1.89 bits per heavy atom. The number of halogens is 3. The zero-order valence-electron chi connectivity index (χ0n) is 9.45. The van der Waals surface area contributed by atoms with Crippen LogP contribution in [-0.2, 0) is 6.42 Å². The van der Waals surface area contributed by atoms with Gasteiger partial charge in [-0.05, 0) is 18.6 Å². The summed E-state index contributed by atoms with van der Waals surface area (Å²) in [6.07, 6.45) is 2.03. The second kappa shape index (κ2) is 5.74. The lowest BCUT2D eigenvalue weighted by atomic mass is 10.2. The first kappa shape index (κ1) is 13.4. The largest absolute Gasteiger partial charge is 0.439 e. The summed E-state index contributed by atoms with van der Waals surface area (Å²) in [5.41, 5.74) is 0.755. The van der Waals surface area contributed by atoms with Crippen LogP contribution in [0.5, 0.6) is 11.6 Å². The molecule has 0 saturated carbocycles. The molecule has 0 N–H and O–H groups in total. The van der Waals surface area contributed by atoms with Crippen LogP contribution in [0, 0.1) is 0 Å². The molecule has 0 unspecified atom stereocenters. The standard InChI is InChI=1S/C12H9Cl3N2O/c1-2-8-11(15)16-6-17-12(8)18-7-3-4-9(13)10(14)5-7/h3-6H,2H2,1H3. The Kier molecular flexibility index (Phi) is 4.27. The Hall–Kier alpha value is -1.03. The van der Waals surface area contributed by atoms with Crippen molar-refractivity contribution in [2.24, 2.45) is 0 Å². The third-order valence-electron chi connectivity index (χ3n) is 2.31. The van der Waals surface area contributed by atoms with Crippen molar-refractivity contribution in [2.75, 3.05) is 0 Å². The fraction of sp³-hybridized carbons (Fsp3) is 0.167. The Bertz CT molecular complexity index is 575. The van der Waals surface area contributed by atoms with Gasteiger partial charge in [0.1, 0.15) is 17.2 Å². The summed E-state index contributed by atoms with van der Waals surface area (Å²) >= 11 is 17.7. The SMILES string of the molecule is CCc1c(Cl)ncnc1Oc1ccc(Cl)c(Cl)c1. The summed E-state index contributed by atoms with van der Waals surface area (Å²) < 4.78 is 5.64. The first-order valence-corrected chi connectivity index (χ1v) is 6.37. The van der Waals surface area contributed by atoms with E-state index in [1.807, 2.05) is 6.92 Å². The van der Waals surface area contributed by atoms with Gasteiger partial charge >= 0.3 is 0 Å². The topological polar surface area (TPSA) is 35.0 Å². The maximum Gasteiger partial charge on any atom is 0.226 e. The summed E-state index contributed by atoms with van der Waals surface area (Å²) in [5.74, 6) is 0.977. The third-order valence-corrected chi connectivity index (χ3v) is 3.38. The van der Waals surface area contributed by atoms with Crippen LogP contribution < -0.4 is 4.74 Å². The Labute approximate surface area is 120 Å². The summed E-state index contributed by atoms with van der Waals surface area (Å²) in [4.78, 5) is 7.97. The third kappa shape index (κ3) is 2.86. The van der Waals surface area contributed by atoms with Crippen molar-refractivity contribution < 1.29 is 4.74 Å². The van der Waals surface area contributed by atoms with E-state index < -0.39 is 0 Å². The van der Waals surface area contributed by atoms with E-state index in [4.69, 9.17) is 39.5 Å². The van der Waals surface area contributed by atoms with Crippen molar-refractivity contribution in [3.63, 3.8) is 0 Å². The molecular formula is C12H9Cl3N2O. The predicted molar refractivity (Wildman–Crippen MR) is 73.0 cm³/mol. The smallest absolute Gasteiger partial charge is 0.226 e. The highest BCUT2D eigenvalue weighted by Gasteiger charge is 2.10. The maximum absolute atomic E-state index is 5.97. The molecule has 1 heterocycles. The molecule has 2 aromatic rings. The van der Waals surface area contributed by atoms with Crippen molar-refractivity contribution in [1.82, 2.24) is 9.97 Å². The minimum Gasteiger partial charge on any atom is -0.439 e. The van der Waals surface area contributed by atoms with E-state index in [0.717, 1.165) is 5.56 Å². The van der Waals surface area contributed by atoms with Gasteiger partial charge in [0.25, 0.3) is 0 Å². The van der Waals surface area contributed by atoms with E-state index in [1.165, 1.54) is 6.33 Å². The number of aromatic nitrogens is 2. The van der Waals surface area contributed by atoms with Gasteiger partial charge in [0.05, 0.1) is 15.6 Å². The normalized spacial score (nSPS) is 10.4.